The maximum Gasteiger partial charge on any atom is 0.308 e. The summed E-state index contributed by atoms with van der Waals surface area (Å²) in [6.45, 7) is 4.52. The lowest BCUT2D eigenvalue weighted by atomic mass is 9.87. The van der Waals surface area contributed by atoms with Crippen molar-refractivity contribution in [1.82, 2.24) is 19.6 Å². The summed E-state index contributed by atoms with van der Waals surface area (Å²) in [5, 5.41) is 8.37. The Morgan fingerprint density at radius 2 is 1.64 bits per heavy atom. The summed E-state index contributed by atoms with van der Waals surface area (Å²) in [7, 11) is 5.12. The molecule has 2 aliphatic heterocycles. The van der Waals surface area contributed by atoms with Crippen LogP contribution in [0.3, 0.4) is 0 Å². The number of nitrogens with one attached hydrogen (secondary N) is 1. The molecule has 3 aliphatic rings. The second-order valence-electron chi connectivity index (χ2n) is 13.5. The molecule has 6 rings (SSSR count). The first-order chi connectivity index (χ1) is 24.2. The lowest BCUT2D eigenvalue weighted by molar-refractivity contribution is -0.254. The Labute approximate surface area is 298 Å². The number of aromatic nitrogens is 2. The number of carbonyl (C=O) groups is 3. The molecule has 0 spiro atoms. The Bertz CT molecular complexity index is 1670. The molecule has 3 fully saturated rings. The summed E-state index contributed by atoms with van der Waals surface area (Å²) in [5.41, 5.74) is 2.27. The van der Waals surface area contributed by atoms with Crippen LogP contribution in [0.1, 0.15) is 61.5 Å². The van der Waals surface area contributed by atoms with E-state index >= 15 is 0 Å². The molecule has 2 saturated heterocycles. The van der Waals surface area contributed by atoms with Gasteiger partial charge in [0.15, 0.2) is 11.5 Å². The number of hydrogen-bond acceptors (Lipinski definition) is 10. The van der Waals surface area contributed by atoms with Crippen LogP contribution in [0.15, 0.2) is 42.5 Å². The Hall–Kier alpha value is -3.39. The number of halogens is 1. The highest BCUT2D eigenvalue weighted by Gasteiger charge is 2.56. The first-order valence-corrected chi connectivity index (χ1v) is 18.0. The fraction of sp³-hybridized carbons (Fsp3) is 0.568. The maximum absolute atomic E-state index is 14.9. The van der Waals surface area contributed by atoms with Crippen molar-refractivity contribution in [3.8, 4) is 0 Å². The van der Waals surface area contributed by atoms with E-state index in [4.69, 9.17) is 30.5 Å². The summed E-state index contributed by atoms with van der Waals surface area (Å²) >= 11 is 6.75. The number of anilines is 1. The predicted molar refractivity (Wildman–Crippen MR) is 189 cm³/mol. The summed E-state index contributed by atoms with van der Waals surface area (Å²) in [4.78, 5) is 45.0. The van der Waals surface area contributed by atoms with E-state index in [9.17, 15) is 14.4 Å². The average molecular weight is 710 g/mol. The number of likely N-dealkylation sites (tertiary alicyclic amines) is 2. The number of nitrogens with zero attached hydrogens (tertiary/aromatic N) is 4. The van der Waals surface area contributed by atoms with Crippen molar-refractivity contribution in [1.29, 1.82) is 0 Å². The number of hydrogen-bond donors (Lipinski definition) is 1. The highest BCUT2D eigenvalue weighted by atomic mass is 35.5. The number of para-hydroxylation sites is 1. The largest absolute Gasteiger partial charge is 0.466 e. The Morgan fingerprint density at radius 1 is 0.960 bits per heavy atom. The van der Waals surface area contributed by atoms with E-state index in [0.29, 0.717) is 80.4 Å². The molecule has 1 N–H and O–H groups in total. The Morgan fingerprint density at radius 3 is 2.28 bits per heavy atom. The topological polar surface area (TPSA) is 124 Å². The van der Waals surface area contributed by atoms with Gasteiger partial charge in [-0.25, -0.2) is 0 Å². The van der Waals surface area contributed by atoms with E-state index in [1.54, 1.807) is 38.1 Å². The SMILES string of the molecule is CCOC(=O)C1CCC(OC(C(=O)Cc2ccc(NC(=O)c3nn(C)c4ccccc34)c(Cl)c2)(N2CCCC2)N2C[C@H](OC)[C@@H](OC)C2)CC1. The van der Waals surface area contributed by atoms with Gasteiger partial charge in [-0.05, 0) is 69.2 Å². The third-order valence-electron chi connectivity index (χ3n) is 10.4. The van der Waals surface area contributed by atoms with E-state index < -0.39 is 5.85 Å². The fourth-order valence-electron chi connectivity index (χ4n) is 7.77. The van der Waals surface area contributed by atoms with Gasteiger partial charge in [-0.2, -0.15) is 5.10 Å². The number of ketones is 1. The van der Waals surface area contributed by atoms with Crippen molar-refractivity contribution >= 4 is 45.9 Å². The minimum atomic E-state index is -1.36. The number of carbonyl (C=O) groups excluding carboxylic acids is 3. The molecule has 3 heterocycles. The van der Waals surface area contributed by atoms with Crippen LogP contribution < -0.4 is 5.32 Å². The molecule has 1 aromatic heterocycles. The second kappa shape index (κ2) is 15.9. The van der Waals surface area contributed by atoms with Crippen LogP contribution >= 0.6 is 11.6 Å². The van der Waals surface area contributed by atoms with E-state index in [2.05, 4.69) is 20.2 Å². The van der Waals surface area contributed by atoms with Crippen LogP contribution in [-0.2, 0) is 42.0 Å². The van der Waals surface area contributed by atoms with Crippen molar-refractivity contribution in [3.63, 3.8) is 0 Å². The highest BCUT2D eigenvalue weighted by Crippen LogP contribution is 2.38. The molecular formula is C37H48ClN5O7. The molecule has 1 unspecified atom stereocenters. The molecule has 3 aromatic rings. The van der Waals surface area contributed by atoms with E-state index in [-0.39, 0.29) is 48.3 Å². The number of ether oxygens (including phenoxy) is 4. The lowest BCUT2D eigenvalue weighted by Gasteiger charge is -2.48. The highest BCUT2D eigenvalue weighted by molar-refractivity contribution is 6.34. The molecule has 1 amide bonds. The van der Waals surface area contributed by atoms with Gasteiger partial charge in [-0.1, -0.05) is 35.9 Å². The first kappa shape index (κ1) is 36.4. The van der Waals surface area contributed by atoms with Gasteiger partial charge in [-0.15, -0.1) is 0 Å². The van der Waals surface area contributed by atoms with E-state index in [0.717, 1.165) is 23.7 Å². The van der Waals surface area contributed by atoms with Crippen LogP contribution in [0, 0.1) is 5.92 Å². The molecule has 1 aliphatic carbocycles. The maximum atomic E-state index is 14.9. The smallest absolute Gasteiger partial charge is 0.308 e. The summed E-state index contributed by atoms with van der Waals surface area (Å²) in [6.07, 6.45) is 3.86. The third kappa shape index (κ3) is 7.33. The van der Waals surface area contributed by atoms with E-state index in [1.165, 1.54) is 0 Å². The third-order valence-corrected chi connectivity index (χ3v) is 10.7. The zero-order chi connectivity index (χ0) is 35.4. The minimum Gasteiger partial charge on any atom is -0.466 e. The van der Waals surface area contributed by atoms with Gasteiger partial charge in [0.05, 0.1) is 47.1 Å². The van der Waals surface area contributed by atoms with Gasteiger partial charge in [0, 0.05) is 59.3 Å². The first-order valence-electron chi connectivity index (χ1n) is 17.6. The van der Waals surface area contributed by atoms with Crippen molar-refractivity contribution < 1.29 is 33.3 Å². The molecule has 2 aromatic carbocycles. The average Bonchev–Trinajstić information content (AvgIpc) is 3.89. The minimum absolute atomic E-state index is 0.0549. The lowest BCUT2D eigenvalue weighted by Crippen LogP contribution is -2.67. The molecule has 0 bridgehead atoms. The van der Waals surface area contributed by atoms with Crippen LogP contribution in [-0.4, -0.2) is 108 Å². The Balaban J connectivity index is 1.25. The number of fused-ring (bicyclic) bond motifs is 1. The van der Waals surface area contributed by atoms with Crippen molar-refractivity contribution in [2.45, 2.75) is 76.0 Å². The van der Waals surface area contributed by atoms with Gasteiger partial charge in [0.25, 0.3) is 5.91 Å². The van der Waals surface area contributed by atoms with Crippen LogP contribution in [0.4, 0.5) is 5.69 Å². The quantitative estimate of drug-likeness (QED) is 0.247. The zero-order valence-corrected chi connectivity index (χ0v) is 30.1. The normalized spacial score (nSPS) is 24.3. The van der Waals surface area contributed by atoms with E-state index in [1.807, 2.05) is 37.3 Å². The second-order valence-corrected chi connectivity index (χ2v) is 13.9. The van der Waals surface area contributed by atoms with Gasteiger partial charge >= 0.3 is 5.97 Å². The van der Waals surface area contributed by atoms with Crippen LogP contribution in [0.2, 0.25) is 5.02 Å². The summed E-state index contributed by atoms with van der Waals surface area (Å²) in [5.74, 6) is -2.16. The monoisotopic (exact) mass is 709 g/mol. The fourth-order valence-corrected chi connectivity index (χ4v) is 8.02. The van der Waals surface area contributed by atoms with Gasteiger partial charge in [0.1, 0.15) is 0 Å². The van der Waals surface area contributed by atoms with Crippen LogP contribution in [0.25, 0.3) is 10.9 Å². The molecule has 0 radical (unpaired) electrons. The standard InChI is InChI=1S/C37H48ClN5O7/c1-5-49-36(46)25-13-15-26(16-14-25)50-37(42-18-8-9-19-42,43-22-31(47-3)32(23-43)48-4)33(44)21-24-12-17-29(28(38)20-24)39-35(45)34-27-10-6-7-11-30(27)41(2)40-34/h6-7,10-12,17,20,25-26,31-32H,5,8-9,13-16,18-19,21-23H2,1-4H3,(H,39,45)/t25?,26?,31-,32-,37?/m0/s1. The number of benzene rings is 2. The molecule has 1 saturated carbocycles. The predicted octanol–water partition coefficient (Wildman–Crippen LogP) is 4.82. The molecular weight excluding hydrogens is 662 g/mol. The Kier molecular flexibility index (Phi) is 11.6. The molecule has 3 atom stereocenters. The molecule has 270 valence electrons. The number of esters is 1. The number of methoxy groups -OCH3 is 2. The van der Waals surface area contributed by atoms with Gasteiger partial charge in [-0.3, -0.25) is 28.9 Å². The number of aryl methyl sites for hydroxylation is 1. The number of rotatable bonds is 13. The van der Waals surface area contributed by atoms with Gasteiger partial charge < -0.3 is 24.3 Å². The summed E-state index contributed by atoms with van der Waals surface area (Å²) in [6, 6.07) is 12.8. The van der Waals surface area contributed by atoms with Crippen LogP contribution in [0.5, 0.6) is 0 Å². The zero-order valence-electron chi connectivity index (χ0n) is 29.4. The van der Waals surface area contributed by atoms with Gasteiger partial charge in [0.2, 0.25) is 5.85 Å². The number of Topliss-reactive ketones (excluding diaryl/α,β-unsaturated/α-hetero) is 1. The molecule has 13 heteroatoms. The van der Waals surface area contributed by atoms with Crippen molar-refractivity contribution in [3.05, 3.63) is 58.7 Å². The number of amides is 1. The summed E-state index contributed by atoms with van der Waals surface area (Å²) < 4.78 is 25.7. The molecule has 12 nitrogen and oxygen atoms in total. The van der Waals surface area contributed by atoms with Crippen molar-refractivity contribution in [2.24, 2.45) is 13.0 Å². The molecule has 50 heavy (non-hydrogen) atoms. The van der Waals surface area contributed by atoms with Crippen molar-refractivity contribution in [2.75, 3.05) is 52.3 Å².